The van der Waals surface area contributed by atoms with Gasteiger partial charge in [-0.3, -0.25) is 4.79 Å². The highest BCUT2D eigenvalue weighted by molar-refractivity contribution is 6.16. The standard InChI is InChI=1S/C12H13ClN2O/c1-7(2)8-3-4-10-9(5-8)12(16)15-11(6-13)14-10/h3-5,7H,6H2,1-2H3,(H,14,15,16). The first-order valence-electron chi connectivity index (χ1n) is 5.20. The number of halogens is 1. The average Bonchev–Trinajstić information content (AvgIpc) is 2.28. The Morgan fingerprint density at radius 3 is 2.81 bits per heavy atom. The predicted molar refractivity (Wildman–Crippen MR) is 66.0 cm³/mol. The summed E-state index contributed by atoms with van der Waals surface area (Å²) in [6.45, 7) is 4.19. The molecule has 0 aliphatic carbocycles. The number of hydrogen-bond donors (Lipinski definition) is 1. The lowest BCUT2D eigenvalue weighted by atomic mass is 10.0. The Balaban J connectivity index is 2.71. The van der Waals surface area contributed by atoms with E-state index in [1.54, 1.807) is 0 Å². The zero-order valence-electron chi connectivity index (χ0n) is 9.25. The summed E-state index contributed by atoms with van der Waals surface area (Å²) in [6.07, 6.45) is 0. The van der Waals surface area contributed by atoms with Crippen LogP contribution in [0, 0.1) is 0 Å². The van der Waals surface area contributed by atoms with Crippen molar-refractivity contribution in [3.63, 3.8) is 0 Å². The van der Waals surface area contributed by atoms with Crippen molar-refractivity contribution in [1.29, 1.82) is 0 Å². The Kier molecular flexibility index (Phi) is 2.97. The Morgan fingerprint density at radius 2 is 2.19 bits per heavy atom. The van der Waals surface area contributed by atoms with E-state index >= 15 is 0 Å². The van der Waals surface area contributed by atoms with Gasteiger partial charge in [0, 0.05) is 0 Å². The molecule has 1 aromatic carbocycles. The molecule has 0 unspecified atom stereocenters. The Bertz CT molecular complexity index is 575. The second-order valence-electron chi connectivity index (χ2n) is 4.08. The summed E-state index contributed by atoms with van der Waals surface area (Å²) in [5.74, 6) is 1.13. The monoisotopic (exact) mass is 236 g/mol. The van der Waals surface area contributed by atoms with Crippen LogP contribution in [0.25, 0.3) is 10.9 Å². The average molecular weight is 237 g/mol. The number of nitrogens with zero attached hydrogens (tertiary/aromatic N) is 1. The molecule has 0 radical (unpaired) electrons. The molecule has 4 heteroatoms. The van der Waals surface area contributed by atoms with E-state index in [2.05, 4.69) is 23.8 Å². The van der Waals surface area contributed by atoms with Crippen LogP contribution in [0.1, 0.15) is 31.2 Å². The maximum atomic E-state index is 11.8. The highest BCUT2D eigenvalue weighted by Gasteiger charge is 2.06. The van der Waals surface area contributed by atoms with Gasteiger partial charge in [0.05, 0.1) is 16.8 Å². The second-order valence-corrected chi connectivity index (χ2v) is 4.34. The first kappa shape index (κ1) is 11.1. The summed E-state index contributed by atoms with van der Waals surface area (Å²) in [5, 5.41) is 0.625. The molecule has 84 valence electrons. The molecule has 0 saturated heterocycles. The van der Waals surface area contributed by atoms with E-state index in [1.807, 2.05) is 18.2 Å². The van der Waals surface area contributed by atoms with E-state index in [0.29, 0.717) is 22.6 Å². The van der Waals surface area contributed by atoms with Gasteiger partial charge in [-0.2, -0.15) is 0 Å². The molecule has 1 aromatic heterocycles. The molecule has 3 nitrogen and oxygen atoms in total. The van der Waals surface area contributed by atoms with Crippen molar-refractivity contribution in [1.82, 2.24) is 9.97 Å². The van der Waals surface area contributed by atoms with Gasteiger partial charge in [-0.15, -0.1) is 11.6 Å². The van der Waals surface area contributed by atoms with Crippen molar-refractivity contribution in [3.8, 4) is 0 Å². The molecule has 0 spiro atoms. The van der Waals surface area contributed by atoms with Crippen LogP contribution in [-0.2, 0) is 5.88 Å². The number of H-pyrrole nitrogens is 1. The van der Waals surface area contributed by atoms with E-state index < -0.39 is 0 Å². The Hall–Kier alpha value is -1.35. The number of fused-ring (bicyclic) bond motifs is 1. The fourth-order valence-electron chi connectivity index (χ4n) is 1.63. The summed E-state index contributed by atoms with van der Waals surface area (Å²) < 4.78 is 0. The topological polar surface area (TPSA) is 45.8 Å². The maximum Gasteiger partial charge on any atom is 0.258 e. The summed E-state index contributed by atoms with van der Waals surface area (Å²) >= 11 is 5.65. The van der Waals surface area contributed by atoms with Crippen LogP contribution in [0.15, 0.2) is 23.0 Å². The third-order valence-electron chi connectivity index (χ3n) is 2.57. The quantitative estimate of drug-likeness (QED) is 0.815. The van der Waals surface area contributed by atoms with Crippen LogP contribution in [-0.4, -0.2) is 9.97 Å². The zero-order chi connectivity index (χ0) is 11.7. The fraction of sp³-hybridized carbons (Fsp3) is 0.333. The van der Waals surface area contributed by atoms with Crippen LogP contribution < -0.4 is 5.56 Å². The second kappa shape index (κ2) is 4.26. The molecule has 0 fully saturated rings. The minimum absolute atomic E-state index is 0.122. The molecule has 0 aliphatic rings. The Labute approximate surface area is 98.5 Å². The number of aromatic amines is 1. The number of hydrogen-bond acceptors (Lipinski definition) is 2. The van der Waals surface area contributed by atoms with Crippen molar-refractivity contribution in [2.75, 3.05) is 0 Å². The van der Waals surface area contributed by atoms with Crippen molar-refractivity contribution < 1.29 is 0 Å². The van der Waals surface area contributed by atoms with Gasteiger partial charge in [0.25, 0.3) is 5.56 Å². The van der Waals surface area contributed by atoms with Gasteiger partial charge in [0.2, 0.25) is 0 Å². The maximum absolute atomic E-state index is 11.8. The van der Waals surface area contributed by atoms with Crippen molar-refractivity contribution in [3.05, 3.63) is 39.9 Å². The number of nitrogens with one attached hydrogen (secondary N) is 1. The van der Waals surface area contributed by atoms with Gasteiger partial charge in [-0.05, 0) is 23.6 Å². The van der Waals surface area contributed by atoms with Gasteiger partial charge in [-0.1, -0.05) is 19.9 Å². The molecule has 0 amide bonds. The van der Waals surface area contributed by atoms with Crippen LogP contribution in [0.4, 0.5) is 0 Å². The van der Waals surface area contributed by atoms with Crippen LogP contribution in [0.2, 0.25) is 0 Å². The largest absolute Gasteiger partial charge is 0.309 e. The van der Waals surface area contributed by atoms with Gasteiger partial charge in [-0.25, -0.2) is 4.98 Å². The molecule has 2 rings (SSSR count). The van der Waals surface area contributed by atoms with Crippen LogP contribution in [0.3, 0.4) is 0 Å². The summed E-state index contributed by atoms with van der Waals surface area (Å²) in [7, 11) is 0. The van der Waals surface area contributed by atoms with E-state index in [4.69, 9.17) is 11.6 Å². The molecular weight excluding hydrogens is 224 g/mol. The minimum atomic E-state index is -0.122. The zero-order valence-corrected chi connectivity index (χ0v) is 10.0. The Morgan fingerprint density at radius 1 is 1.44 bits per heavy atom. The number of alkyl halides is 1. The third kappa shape index (κ3) is 1.95. The van der Waals surface area contributed by atoms with E-state index in [-0.39, 0.29) is 11.4 Å². The van der Waals surface area contributed by atoms with Gasteiger partial charge in [0.15, 0.2) is 0 Å². The van der Waals surface area contributed by atoms with E-state index in [9.17, 15) is 4.79 Å². The molecule has 0 saturated carbocycles. The lowest BCUT2D eigenvalue weighted by Gasteiger charge is -2.06. The van der Waals surface area contributed by atoms with Gasteiger partial charge >= 0.3 is 0 Å². The van der Waals surface area contributed by atoms with E-state index in [0.717, 1.165) is 5.56 Å². The molecule has 0 atom stereocenters. The first-order chi connectivity index (χ1) is 7.61. The van der Waals surface area contributed by atoms with Crippen molar-refractivity contribution in [2.24, 2.45) is 0 Å². The summed E-state index contributed by atoms with van der Waals surface area (Å²) in [5.41, 5.74) is 1.71. The molecule has 1 heterocycles. The number of benzene rings is 1. The molecule has 1 N–H and O–H groups in total. The number of rotatable bonds is 2. The molecule has 0 bridgehead atoms. The minimum Gasteiger partial charge on any atom is -0.309 e. The van der Waals surface area contributed by atoms with E-state index in [1.165, 1.54) is 0 Å². The van der Waals surface area contributed by atoms with Crippen LogP contribution >= 0.6 is 11.6 Å². The lowest BCUT2D eigenvalue weighted by Crippen LogP contribution is -2.11. The molecule has 2 aromatic rings. The predicted octanol–water partition coefficient (Wildman–Crippen LogP) is 2.79. The smallest absolute Gasteiger partial charge is 0.258 e. The fourth-order valence-corrected chi connectivity index (χ4v) is 1.75. The van der Waals surface area contributed by atoms with Crippen LogP contribution in [0.5, 0.6) is 0 Å². The lowest BCUT2D eigenvalue weighted by molar-refractivity contribution is 0.867. The normalized spacial score (nSPS) is 11.2. The molecular formula is C12H13ClN2O. The summed E-state index contributed by atoms with van der Waals surface area (Å²) in [6, 6.07) is 5.76. The summed E-state index contributed by atoms with van der Waals surface area (Å²) in [4.78, 5) is 18.7. The highest BCUT2D eigenvalue weighted by Crippen LogP contribution is 2.18. The first-order valence-corrected chi connectivity index (χ1v) is 5.74. The van der Waals surface area contributed by atoms with Crippen molar-refractivity contribution in [2.45, 2.75) is 25.6 Å². The molecule has 16 heavy (non-hydrogen) atoms. The number of aromatic nitrogens is 2. The SMILES string of the molecule is CC(C)c1ccc2nc(CCl)[nH]c(=O)c2c1. The molecule has 0 aliphatic heterocycles. The highest BCUT2D eigenvalue weighted by atomic mass is 35.5. The van der Waals surface area contributed by atoms with Gasteiger partial charge in [0.1, 0.15) is 5.82 Å². The van der Waals surface area contributed by atoms with Gasteiger partial charge < -0.3 is 4.98 Å². The third-order valence-corrected chi connectivity index (χ3v) is 2.82. The van der Waals surface area contributed by atoms with Crippen molar-refractivity contribution >= 4 is 22.5 Å².